The van der Waals surface area contributed by atoms with Gasteiger partial charge in [0.05, 0.1) is 6.54 Å². The van der Waals surface area contributed by atoms with Crippen LogP contribution < -0.4 is 16.4 Å². The third kappa shape index (κ3) is 7.68. The summed E-state index contributed by atoms with van der Waals surface area (Å²) in [6, 6.07) is 7.66. The Morgan fingerprint density at radius 3 is 2.43 bits per heavy atom. The third-order valence-corrected chi connectivity index (χ3v) is 3.67. The molecule has 0 aliphatic heterocycles. The van der Waals surface area contributed by atoms with Crippen LogP contribution in [-0.2, 0) is 6.54 Å². The Bertz CT molecular complexity index is 508. The van der Waals surface area contributed by atoms with E-state index in [2.05, 4.69) is 29.5 Å². The lowest BCUT2D eigenvalue weighted by Gasteiger charge is -2.11. The average molecular weight is 318 g/mol. The zero-order valence-electron chi connectivity index (χ0n) is 14.7. The van der Waals surface area contributed by atoms with Gasteiger partial charge in [-0.15, -0.1) is 0 Å². The van der Waals surface area contributed by atoms with Crippen molar-refractivity contribution in [2.24, 2.45) is 16.6 Å². The maximum absolute atomic E-state index is 12.0. The van der Waals surface area contributed by atoms with E-state index >= 15 is 0 Å². The van der Waals surface area contributed by atoms with Gasteiger partial charge in [0, 0.05) is 18.2 Å². The maximum atomic E-state index is 12.0. The zero-order chi connectivity index (χ0) is 17.2. The van der Waals surface area contributed by atoms with Crippen molar-refractivity contribution in [2.45, 2.75) is 53.1 Å². The molecule has 1 aromatic carbocycles. The molecule has 1 unspecified atom stereocenters. The molecule has 4 N–H and O–H groups in total. The number of nitrogens with one attached hydrogen (secondary N) is 2. The molecule has 23 heavy (non-hydrogen) atoms. The van der Waals surface area contributed by atoms with Crippen molar-refractivity contribution < 1.29 is 4.79 Å². The summed E-state index contributed by atoms with van der Waals surface area (Å²) in [7, 11) is 0. The minimum absolute atomic E-state index is 0.0377. The lowest BCUT2D eigenvalue weighted by molar-refractivity contribution is 0.0939. The monoisotopic (exact) mass is 318 g/mol. The second kappa shape index (κ2) is 9.87. The zero-order valence-corrected chi connectivity index (χ0v) is 14.7. The van der Waals surface area contributed by atoms with E-state index in [0.29, 0.717) is 24.0 Å². The normalized spacial score (nSPS) is 13.0. The van der Waals surface area contributed by atoms with Crippen LogP contribution in [-0.4, -0.2) is 24.5 Å². The van der Waals surface area contributed by atoms with Gasteiger partial charge in [0.2, 0.25) is 0 Å². The minimum Gasteiger partial charge on any atom is -0.370 e. The Morgan fingerprint density at radius 2 is 1.87 bits per heavy atom. The lowest BCUT2D eigenvalue weighted by atomic mass is 10.1. The van der Waals surface area contributed by atoms with Crippen molar-refractivity contribution in [1.82, 2.24) is 10.6 Å². The Labute approximate surface area is 139 Å². The highest BCUT2D eigenvalue weighted by Gasteiger charge is 2.07. The highest BCUT2D eigenvalue weighted by atomic mass is 16.1. The van der Waals surface area contributed by atoms with E-state index in [4.69, 9.17) is 5.73 Å². The first-order valence-corrected chi connectivity index (χ1v) is 8.36. The van der Waals surface area contributed by atoms with Crippen molar-refractivity contribution in [2.75, 3.05) is 6.54 Å². The number of carbonyl (C=O) groups is 1. The molecule has 5 heteroatoms. The molecule has 128 valence electrons. The fraction of sp³-hybridized carbons (Fsp3) is 0.556. The summed E-state index contributed by atoms with van der Waals surface area (Å²) < 4.78 is 0. The average Bonchev–Trinajstić information content (AvgIpc) is 2.52. The van der Waals surface area contributed by atoms with Crippen LogP contribution in [0.5, 0.6) is 0 Å². The summed E-state index contributed by atoms with van der Waals surface area (Å²) in [5.74, 6) is 1.07. The van der Waals surface area contributed by atoms with Crippen LogP contribution >= 0.6 is 0 Å². The van der Waals surface area contributed by atoms with E-state index in [-0.39, 0.29) is 11.9 Å². The molecule has 0 aromatic heterocycles. The molecule has 0 aliphatic carbocycles. The largest absolute Gasteiger partial charge is 0.370 e. The first-order chi connectivity index (χ1) is 10.9. The first-order valence-electron chi connectivity index (χ1n) is 8.36. The number of guanidine groups is 1. The van der Waals surface area contributed by atoms with Crippen LogP contribution in [0.4, 0.5) is 0 Å². The smallest absolute Gasteiger partial charge is 0.251 e. The van der Waals surface area contributed by atoms with Crippen LogP contribution in [0, 0.1) is 5.92 Å². The summed E-state index contributed by atoms with van der Waals surface area (Å²) in [4.78, 5) is 16.3. The lowest BCUT2D eigenvalue weighted by Crippen LogP contribution is -2.32. The van der Waals surface area contributed by atoms with Gasteiger partial charge >= 0.3 is 0 Å². The molecule has 0 fully saturated rings. The molecule has 0 aliphatic rings. The van der Waals surface area contributed by atoms with Gasteiger partial charge in [-0.1, -0.05) is 32.9 Å². The molecule has 1 rings (SSSR count). The second-order valence-electron chi connectivity index (χ2n) is 6.29. The highest BCUT2D eigenvalue weighted by molar-refractivity contribution is 5.94. The molecule has 5 nitrogen and oxygen atoms in total. The number of nitrogens with zero attached hydrogens (tertiary/aromatic N) is 1. The summed E-state index contributed by atoms with van der Waals surface area (Å²) in [6.45, 7) is 9.74. The number of benzene rings is 1. The molecular weight excluding hydrogens is 288 g/mol. The van der Waals surface area contributed by atoms with Gasteiger partial charge in [-0.25, -0.2) is 4.99 Å². The number of hydrogen-bond donors (Lipinski definition) is 3. The van der Waals surface area contributed by atoms with Crippen LogP contribution in [0.25, 0.3) is 0 Å². The van der Waals surface area contributed by atoms with Gasteiger partial charge in [0.15, 0.2) is 5.96 Å². The summed E-state index contributed by atoms with van der Waals surface area (Å²) >= 11 is 0. The van der Waals surface area contributed by atoms with Gasteiger partial charge in [-0.3, -0.25) is 4.79 Å². The Balaban J connectivity index is 2.49. The fourth-order valence-corrected chi connectivity index (χ4v) is 1.89. The van der Waals surface area contributed by atoms with Gasteiger partial charge in [-0.2, -0.15) is 0 Å². The van der Waals surface area contributed by atoms with Crippen molar-refractivity contribution in [3.63, 3.8) is 0 Å². The second-order valence-corrected chi connectivity index (χ2v) is 6.29. The predicted molar refractivity (Wildman–Crippen MR) is 96.4 cm³/mol. The van der Waals surface area contributed by atoms with Gasteiger partial charge in [0.25, 0.3) is 5.91 Å². The minimum atomic E-state index is -0.0377. The van der Waals surface area contributed by atoms with Crippen molar-refractivity contribution in [1.29, 1.82) is 0 Å². The van der Waals surface area contributed by atoms with Crippen molar-refractivity contribution in [3.05, 3.63) is 35.4 Å². The van der Waals surface area contributed by atoms with E-state index < -0.39 is 0 Å². The van der Waals surface area contributed by atoms with Crippen LogP contribution in [0.2, 0.25) is 0 Å². The third-order valence-electron chi connectivity index (χ3n) is 3.67. The van der Waals surface area contributed by atoms with Gasteiger partial charge in [-0.05, 0) is 43.4 Å². The first kappa shape index (κ1) is 19.0. The topological polar surface area (TPSA) is 79.5 Å². The molecule has 1 atom stereocenters. The van der Waals surface area contributed by atoms with E-state index in [9.17, 15) is 4.79 Å². The number of nitrogens with two attached hydrogens (primary N) is 1. The molecule has 0 spiro atoms. The van der Waals surface area contributed by atoms with Crippen LogP contribution in [0.1, 0.15) is 56.5 Å². The number of amides is 1. The molecule has 0 saturated carbocycles. The Kier molecular flexibility index (Phi) is 8.16. The summed E-state index contributed by atoms with van der Waals surface area (Å²) in [6.07, 6.45) is 1.98. The van der Waals surface area contributed by atoms with Crippen molar-refractivity contribution in [3.8, 4) is 0 Å². The van der Waals surface area contributed by atoms with E-state index in [0.717, 1.165) is 24.9 Å². The standard InChI is InChI=1S/C18H30N4O/c1-5-14(4)22-17(23)16-8-6-15(7-9-16)12-21-18(19)20-11-10-13(2)3/h6-9,13-14H,5,10-12H2,1-4H3,(H,22,23)(H3,19,20,21). The molecular formula is C18H30N4O. The molecule has 1 aromatic rings. The maximum Gasteiger partial charge on any atom is 0.251 e. The number of hydrogen-bond acceptors (Lipinski definition) is 2. The van der Waals surface area contributed by atoms with Gasteiger partial charge in [0.1, 0.15) is 0 Å². The molecule has 0 heterocycles. The molecule has 0 radical (unpaired) electrons. The number of rotatable bonds is 8. The van der Waals surface area contributed by atoms with E-state index in [1.165, 1.54) is 0 Å². The molecule has 0 saturated heterocycles. The number of carbonyl (C=O) groups excluding carboxylic acids is 1. The van der Waals surface area contributed by atoms with Crippen LogP contribution in [0.3, 0.4) is 0 Å². The summed E-state index contributed by atoms with van der Waals surface area (Å²) in [5.41, 5.74) is 7.53. The molecule has 1 amide bonds. The SMILES string of the molecule is CCC(C)NC(=O)c1ccc(CN=C(N)NCCC(C)C)cc1. The van der Waals surface area contributed by atoms with Crippen molar-refractivity contribution >= 4 is 11.9 Å². The predicted octanol–water partition coefficient (Wildman–Crippen LogP) is 2.67. The van der Waals surface area contributed by atoms with E-state index in [1.54, 1.807) is 0 Å². The highest BCUT2D eigenvalue weighted by Crippen LogP contribution is 2.06. The Hall–Kier alpha value is -2.04. The van der Waals surface area contributed by atoms with Crippen LogP contribution in [0.15, 0.2) is 29.3 Å². The Morgan fingerprint density at radius 1 is 1.22 bits per heavy atom. The molecule has 0 bridgehead atoms. The summed E-state index contributed by atoms with van der Waals surface area (Å²) in [5, 5.41) is 6.06. The fourth-order valence-electron chi connectivity index (χ4n) is 1.89. The van der Waals surface area contributed by atoms with E-state index in [1.807, 2.05) is 38.1 Å². The number of aliphatic imine (C=N–C) groups is 1. The quantitative estimate of drug-likeness (QED) is 0.509. The van der Waals surface area contributed by atoms with Gasteiger partial charge < -0.3 is 16.4 Å².